The van der Waals surface area contributed by atoms with Crippen LogP contribution in [0.2, 0.25) is 0 Å². The van der Waals surface area contributed by atoms with Crippen molar-refractivity contribution in [2.75, 3.05) is 13.7 Å². The van der Waals surface area contributed by atoms with Crippen molar-refractivity contribution in [2.24, 2.45) is 0 Å². The minimum absolute atomic E-state index is 0.00506. The van der Waals surface area contributed by atoms with E-state index < -0.39 is 22.6 Å². The summed E-state index contributed by atoms with van der Waals surface area (Å²) >= 11 is 0. The quantitative estimate of drug-likeness (QED) is 0.628. The second-order valence-corrected chi connectivity index (χ2v) is 9.20. The molecule has 0 radical (unpaired) electrons. The minimum Gasteiger partial charge on any atom is -0.452 e. The van der Waals surface area contributed by atoms with Crippen LogP contribution in [0.15, 0.2) is 29.2 Å². The summed E-state index contributed by atoms with van der Waals surface area (Å²) in [6.45, 7) is 10.7. The third-order valence-corrected chi connectivity index (χ3v) is 6.23. The maximum absolute atomic E-state index is 12.6. The molecule has 0 fully saturated rings. The van der Waals surface area contributed by atoms with Gasteiger partial charge in [0.15, 0.2) is 6.61 Å². The first kappa shape index (κ1) is 23.1. The van der Waals surface area contributed by atoms with Crippen molar-refractivity contribution in [1.82, 2.24) is 9.21 Å². The van der Waals surface area contributed by atoms with E-state index in [4.69, 9.17) is 4.74 Å². The van der Waals surface area contributed by atoms with Crippen molar-refractivity contribution < 1.29 is 22.7 Å². The summed E-state index contributed by atoms with van der Waals surface area (Å²) < 4.78 is 31.5. The zero-order chi connectivity index (χ0) is 20.9. The molecule has 0 saturated carbocycles. The van der Waals surface area contributed by atoms with Crippen LogP contribution in [0.4, 0.5) is 0 Å². The van der Waals surface area contributed by atoms with Gasteiger partial charge in [-0.15, -0.1) is 0 Å². The highest BCUT2D eigenvalue weighted by atomic mass is 32.2. The Morgan fingerprint density at radius 2 is 1.56 bits per heavy atom. The van der Waals surface area contributed by atoms with Gasteiger partial charge in [0.2, 0.25) is 10.0 Å². The second-order valence-electron chi connectivity index (χ2n) is 7.21. The van der Waals surface area contributed by atoms with Crippen molar-refractivity contribution in [1.29, 1.82) is 0 Å². The number of esters is 1. The largest absolute Gasteiger partial charge is 0.452 e. The number of benzene rings is 1. The molecule has 0 atom stereocenters. The van der Waals surface area contributed by atoms with E-state index in [2.05, 4.69) is 0 Å². The Morgan fingerprint density at radius 1 is 1.00 bits per heavy atom. The van der Waals surface area contributed by atoms with Crippen LogP contribution < -0.4 is 0 Å². The van der Waals surface area contributed by atoms with Crippen molar-refractivity contribution >= 4 is 21.9 Å². The van der Waals surface area contributed by atoms with E-state index in [1.807, 2.05) is 27.7 Å². The summed E-state index contributed by atoms with van der Waals surface area (Å²) in [5.74, 6) is -1.03. The first-order valence-electron chi connectivity index (χ1n) is 8.96. The zero-order valence-electron chi connectivity index (χ0n) is 17.1. The number of hydrogen-bond donors (Lipinski definition) is 0. The van der Waals surface area contributed by atoms with E-state index in [9.17, 15) is 18.0 Å². The molecule has 1 amide bonds. The predicted octanol–water partition coefficient (Wildman–Crippen LogP) is 2.52. The number of amides is 1. The van der Waals surface area contributed by atoms with Gasteiger partial charge < -0.3 is 9.64 Å². The monoisotopic (exact) mass is 398 g/mol. The van der Waals surface area contributed by atoms with E-state index in [0.29, 0.717) is 0 Å². The van der Waals surface area contributed by atoms with Gasteiger partial charge in [-0.1, -0.05) is 6.07 Å². The van der Waals surface area contributed by atoms with Crippen LogP contribution in [-0.4, -0.2) is 61.3 Å². The fourth-order valence-corrected chi connectivity index (χ4v) is 4.10. The molecule has 0 aliphatic rings. The van der Waals surface area contributed by atoms with Crippen molar-refractivity contribution in [3.63, 3.8) is 0 Å². The Morgan fingerprint density at radius 3 is 2.04 bits per heavy atom. The fraction of sp³-hybridized carbons (Fsp3) is 0.579. The Bertz CT molecular complexity index is 764. The number of hydrogen-bond acceptors (Lipinski definition) is 5. The summed E-state index contributed by atoms with van der Waals surface area (Å²) in [6, 6.07) is 5.38. The van der Waals surface area contributed by atoms with Crippen molar-refractivity contribution in [3.05, 3.63) is 29.8 Å². The minimum atomic E-state index is -3.71. The Balaban J connectivity index is 2.93. The molecule has 0 aromatic heterocycles. The maximum atomic E-state index is 12.6. The summed E-state index contributed by atoms with van der Waals surface area (Å²) in [7, 11) is -2.23. The van der Waals surface area contributed by atoms with E-state index >= 15 is 0 Å². The lowest BCUT2D eigenvalue weighted by Crippen LogP contribution is -2.44. The normalized spacial score (nSPS) is 12.1. The van der Waals surface area contributed by atoms with Gasteiger partial charge in [0, 0.05) is 25.2 Å². The third-order valence-electron chi connectivity index (χ3n) is 4.20. The summed E-state index contributed by atoms with van der Waals surface area (Å²) in [6.07, 6.45) is 0. The average molecular weight is 399 g/mol. The van der Waals surface area contributed by atoms with Crippen LogP contribution in [0.5, 0.6) is 0 Å². The van der Waals surface area contributed by atoms with Crippen LogP contribution in [-0.2, 0) is 19.6 Å². The highest BCUT2D eigenvalue weighted by molar-refractivity contribution is 7.89. The zero-order valence-corrected chi connectivity index (χ0v) is 17.9. The molecule has 8 heteroatoms. The molecule has 152 valence electrons. The van der Waals surface area contributed by atoms with Gasteiger partial charge in [-0.2, -0.15) is 4.31 Å². The highest BCUT2D eigenvalue weighted by Gasteiger charge is 2.25. The maximum Gasteiger partial charge on any atom is 0.338 e. The van der Waals surface area contributed by atoms with Crippen molar-refractivity contribution in [2.45, 2.75) is 64.6 Å². The van der Waals surface area contributed by atoms with Crippen molar-refractivity contribution in [3.8, 4) is 0 Å². The van der Waals surface area contributed by atoms with Gasteiger partial charge in [0.1, 0.15) is 0 Å². The molecular weight excluding hydrogens is 368 g/mol. The smallest absolute Gasteiger partial charge is 0.338 e. The number of sulfonamides is 1. The topological polar surface area (TPSA) is 84.0 Å². The first-order valence-corrected chi connectivity index (χ1v) is 10.4. The molecule has 0 spiro atoms. The molecule has 1 rings (SSSR count). The standard InChI is InChI=1S/C19H30N2O5S/c1-13(2)20(7)27(24,25)17-10-8-9-16(11-17)19(23)26-12-18(22)21(14(3)4)15(5)6/h8-11,13-15H,12H2,1-7H3. The van der Waals surface area contributed by atoms with Gasteiger partial charge in [0.25, 0.3) is 5.91 Å². The molecule has 0 aliphatic carbocycles. The van der Waals surface area contributed by atoms with Gasteiger partial charge in [-0.3, -0.25) is 4.79 Å². The molecule has 0 bridgehead atoms. The summed E-state index contributed by atoms with van der Waals surface area (Å²) in [5, 5.41) is 0. The molecule has 27 heavy (non-hydrogen) atoms. The predicted molar refractivity (Wildman–Crippen MR) is 104 cm³/mol. The van der Waals surface area contributed by atoms with Crippen LogP contribution in [0, 0.1) is 0 Å². The fourth-order valence-electron chi connectivity index (χ4n) is 2.68. The second kappa shape index (κ2) is 9.32. The molecule has 1 aromatic carbocycles. The Hall–Kier alpha value is -1.93. The number of carbonyl (C=O) groups is 2. The van der Waals surface area contributed by atoms with Gasteiger partial charge >= 0.3 is 5.97 Å². The van der Waals surface area contributed by atoms with E-state index in [0.717, 1.165) is 0 Å². The van der Waals surface area contributed by atoms with Crippen LogP contribution in [0.3, 0.4) is 0 Å². The summed E-state index contributed by atoms with van der Waals surface area (Å²) in [5.41, 5.74) is 0.0849. The molecule has 0 N–H and O–H groups in total. The Labute approximate surface area is 162 Å². The lowest BCUT2D eigenvalue weighted by atomic mass is 10.2. The van der Waals surface area contributed by atoms with Crippen LogP contribution >= 0.6 is 0 Å². The summed E-state index contributed by atoms with van der Waals surface area (Å²) in [4.78, 5) is 26.2. The number of rotatable bonds is 8. The highest BCUT2D eigenvalue weighted by Crippen LogP contribution is 2.18. The molecule has 0 unspecified atom stereocenters. The van der Waals surface area contributed by atoms with Gasteiger partial charge in [-0.05, 0) is 59.7 Å². The van der Waals surface area contributed by atoms with Crippen LogP contribution in [0.1, 0.15) is 51.9 Å². The number of ether oxygens (including phenoxy) is 1. The SMILES string of the molecule is CC(C)N(C(=O)COC(=O)c1cccc(S(=O)(=O)N(C)C(C)C)c1)C(C)C. The third kappa shape index (κ3) is 5.77. The average Bonchev–Trinajstić information content (AvgIpc) is 2.58. The lowest BCUT2D eigenvalue weighted by Gasteiger charge is -2.30. The molecular formula is C19H30N2O5S. The molecule has 0 saturated heterocycles. The van der Waals surface area contributed by atoms with E-state index in [1.165, 1.54) is 35.6 Å². The van der Waals surface area contributed by atoms with E-state index in [-0.39, 0.29) is 34.5 Å². The molecule has 1 aromatic rings. The number of nitrogens with zero attached hydrogens (tertiary/aromatic N) is 2. The first-order chi connectivity index (χ1) is 12.4. The number of carbonyl (C=O) groups excluding carboxylic acids is 2. The van der Waals surface area contributed by atoms with Crippen LogP contribution in [0.25, 0.3) is 0 Å². The van der Waals surface area contributed by atoms with Gasteiger partial charge in [0.05, 0.1) is 10.5 Å². The molecule has 0 aliphatic heterocycles. The molecule has 0 heterocycles. The van der Waals surface area contributed by atoms with E-state index in [1.54, 1.807) is 18.7 Å². The van der Waals surface area contributed by atoms with Gasteiger partial charge in [-0.25, -0.2) is 13.2 Å². The lowest BCUT2D eigenvalue weighted by molar-refractivity contribution is -0.138. The molecule has 7 nitrogen and oxygen atoms in total. The Kier molecular flexibility index (Phi) is 7.98.